The largest absolute Gasteiger partial charge is 0.469 e. The Morgan fingerprint density at radius 2 is 1.95 bits per heavy atom. The zero-order valence-corrected chi connectivity index (χ0v) is 11.6. The zero-order chi connectivity index (χ0) is 14.5. The first-order chi connectivity index (χ1) is 8.89. The van der Waals surface area contributed by atoms with E-state index in [1.807, 2.05) is 0 Å². The molecule has 7 heteroatoms. The Hall–Kier alpha value is -1.44. The van der Waals surface area contributed by atoms with Crippen LogP contribution in [-0.2, 0) is 26.0 Å². The number of aliphatic hydroxyl groups is 1. The van der Waals surface area contributed by atoms with E-state index in [2.05, 4.69) is 9.46 Å². The summed E-state index contributed by atoms with van der Waals surface area (Å²) in [4.78, 5) is 11.2. The van der Waals surface area contributed by atoms with Crippen LogP contribution in [0, 0.1) is 0 Å². The van der Waals surface area contributed by atoms with Gasteiger partial charge in [0.2, 0.25) is 10.0 Å². The number of carbonyl (C=O) groups is 1. The number of carbonyl (C=O) groups excluding carboxylic acids is 1. The summed E-state index contributed by atoms with van der Waals surface area (Å²) in [5.41, 5.74) is 0.668. The van der Waals surface area contributed by atoms with Crippen molar-refractivity contribution in [1.29, 1.82) is 0 Å². The number of hydrogen-bond donors (Lipinski definition) is 2. The van der Waals surface area contributed by atoms with E-state index in [1.54, 1.807) is 19.1 Å². The van der Waals surface area contributed by atoms with E-state index in [0.717, 1.165) is 0 Å². The lowest BCUT2D eigenvalue weighted by Gasteiger charge is -2.11. The van der Waals surface area contributed by atoms with Crippen LogP contribution in [0.15, 0.2) is 29.2 Å². The molecule has 0 amide bonds. The van der Waals surface area contributed by atoms with E-state index in [9.17, 15) is 13.2 Å². The van der Waals surface area contributed by atoms with Crippen molar-refractivity contribution in [2.45, 2.75) is 24.3 Å². The summed E-state index contributed by atoms with van der Waals surface area (Å²) in [6.45, 7) is 1.28. The van der Waals surface area contributed by atoms with E-state index in [-0.39, 0.29) is 23.9 Å². The van der Waals surface area contributed by atoms with Crippen LogP contribution in [0.3, 0.4) is 0 Å². The van der Waals surface area contributed by atoms with Crippen molar-refractivity contribution in [3.8, 4) is 0 Å². The molecular weight excluding hydrogens is 270 g/mol. The number of esters is 1. The summed E-state index contributed by atoms with van der Waals surface area (Å²) in [7, 11) is -2.36. The Bertz CT molecular complexity index is 524. The SMILES string of the molecule is COC(=O)Cc1ccc(S(=O)(=O)N[C@@H](C)CO)cc1. The van der Waals surface area contributed by atoms with Crippen molar-refractivity contribution >= 4 is 16.0 Å². The molecule has 0 spiro atoms. The highest BCUT2D eigenvalue weighted by Crippen LogP contribution is 2.11. The predicted octanol–water partition coefficient (Wildman–Crippen LogP) is 0.0612. The fourth-order valence-electron chi connectivity index (χ4n) is 1.40. The van der Waals surface area contributed by atoms with Gasteiger partial charge in [-0.05, 0) is 24.6 Å². The highest BCUT2D eigenvalue weighted by atomic mass is 32.2. The molecule has 0 fully saturated rings. The summed E-state index contributed by atoms with van der Waals surface area (Å²) in [5.74, 6) is -0.386. The summed E-state index contributed by atoms with van der Waals surface area (Å²) >= 11 is 0. The second-order valence-electron chi connectivity index (χ2n) is 4.10. The number of nitrogens with one attached hydrogen (secondary N) is 1. The molecule has 1 aromatic rings. The Kier molecular flexibility index (Phi) is 5.46. The molecule has 0 aliphatic carbocycles. The molecule has 0 aliphatic rings. The maximum Gasteiger partial charge on any atom is 0.309 e. The van der Waals surface area contributed by atoms with E-state index in [4.69, 9.17) is 5.11 Å². The lowest BCUT2D eigenvalue weighted by molar-refractivity contribution is -0.139. The fraction of sp³-hybridized carbons (Fsp3) is 0.417. The first kappa shape index (κ1) is 15.6. The molecule has 19 heavy (non-hydrogen) atoms. The van der Waals surface area contributed by atoms with Gasteiger partial charge in [-0.1, -0.05) is 12.1 Å². The molecule has 1 atom stereocenters. The van der Waals surface area contributed by atoms with Gasteiger partial charge in [0.25, 0.3) is 0 Å². The van der Waals surface area contributed by atoms with Gasteiger partial charge >= 0.3 is 5.97 Å². The van der Waals surface area contributed by atoms with Gasteiger partial charge in [0.05, 0.1) is 25.0 Å². The van der Waals surface area contributed by atoms with E-state index >= 15 is 0 Å². The van der Waals surface area contributed by atoms with Gasteiger partial charge in [-0.2, -0.15) is 0 Å². The molecule has 0 aromatic heterocycles. The third-order valence-corrected chi connectivity index (χ3v) is 4.05. The zero-order valence-electron chi connectivity index (χ0n) is 10.8. The van der Waals surface area contributed by atoms with Crippen LogP contribution < -0.4 is 4.72 Å². The van der Waals surface area contributed by atoms with Crippen molar-refractivity contribution in [3.05, 3.63) is 29.8 Å². The van der Waals surface area contributed by atoms with Crippen molar-refractivity contribution in [2.75, 3.05) is 13.7 Å². The number of aliphatic hydroxyl groups excluding tert-OH is 1. The Balaban J connectivity index is 2.83. The minimum Gasteiger partial charge on any atom is -0.469 e. The van der Waals surface area contributed by atoms with Crippen LogP contribution in [0.2, 0.25) is 0 Å². The number of sulfonamides is 1. The Morgan fingerprint density at radius 1 is 1.37 bits per heavy atom. The van der Waals surface area contributed by atoms with Gasteiger partial charge in [0.15, 0.2) is 0 Å². The summed E-state index contributed by atoms with van der Waals surface area (Å²) in [6.07, 6.45) is 0.0945. The van der Waals surface area contributed by atoms with Crippen LogP contribution in [0.4, 0.5) is 0 Å². The lowest BCUT2D eigenvalue weighted by Crippen LogP contribution is -2.34. The van der Waals surface area contributed by atoms with Gasteiger partial charge < -0.3 is 9.84 Å². The van der Waals surface area contributed by atoms with Crippen LogP contribution in [0.1, 0.15) is 12.5 Å². The number of hydrogen-bond acceptors (Lipinski definition) is 5. The molecule has 0 saturated carbocycles. The Morgan fingerprint density at radius 3 is 2.42 bits per heavy atom. The number of benzene rings is 1. The molecule has 0 unspecified atom stereocenters. The first-order valence-electron chi connectivity index (χ1n) is 5.68. The first-order valence-corrected chi connectivity index (χ1v) is 7.16. The number of rotatable bonds is 6. The molecule has 0 bridgehead atoms. The standard InChI is InChI=1S/C12H17NO5S/c1-9(8-14)13-19(16,17)11-5-3-10(4-6-11)7-12(15)18-2/h3-6,9,13-14H,7-8H2,1-2H3/t9-/m0/s1. The van der Waals surface area contributed by atoms with Gasteiger partial charge in [-0.3, -0.25) is 4.79 Å². The van der Waals surface area contributed by atoms with Gasteiger partial charge in [-0.15, -0.1) is 0 Å². The fourth-order valence-corrected chi connectivity index (χ4v) is 2.63. The van der Waals surface area contributed by atoms with E-state index in [0.29, 0.717) is 5.56 Å². The molecule has 6 nitrogen and oxygen atoms in total. The highest BCUT2D eigenvalue weighted by Gasteiger charge is 2.16. The maximum absolute atomic E-state index is 11.9. The Labute approximate surface area is 112 Å². The summed E-state index contributed by atoms with van der Waals surface area (Å²) in [5, 5.41) is 8.84. The summed E-state index contributed by atoms with van der Waals surface area (Å²) < 4.78 is 30.6. The second kappa shape index (κ2) is 6.65. The van der Waals surface area contributed by atoms with Crippen LogP contribution in [0.25, 0.3) is 0 Å². The van der Waals surface area contributed by atoms with Gasteiger partial charge in [0, 0.05) is 6.04 Å². The van der Waals surface area contributed by atoms with Crippen LogP contribution >= 0.6 is 0 Å². The van der Waals surface area contributed by atoms with Crippen molar-refractivity contribution in [1.82, 2.24) is 4.72 Å². The molecule has 1 aromatic carbocycles. The monoisotopic (exact) mass is 287 g/mol. The smallest absolute Gasteiger partial charge is 0.309 e. The molecule has 2 N–H and O–H groups in total. The molecule has 106 valence electrons. The third-order valence-electron chi connectivity index (χ3n) is 2.44. The lowest BCUT2D eigenvalue weighted by atomic mass is 10.2. The molecule has 1 rings (SSSR count). The number of ether oxygens (including phenoxy) is 1. The average Bonchev–Trinajstić information content (AvgIpc) is 2.38. The average molecular weight is 287 g/mol. The second-order valence-corrected chi connectivity index (χ2v) is 5.82. The van der Waals surface area contributed by atoms with Crippen LogP contribution in [0.5, 0.6) is 0 Å². The summed E-state index contributed by atoms with van der Waals surface area (Å²) in [6, 6.07) is 5.36. The molecule has 0 radical (unpaired) electrons. The molecule has 0 aliphatic heterocycles. The minimum atomic E-state index is -3.65. The van der Waals surface area contributed by atoms with E-state index in [1.165, 1.54) is 19.2 Å². The predicted molar refractivity (Wildman–Crippen MR) is 69.0 cm³/mol. The van der Waals surface area contributed by atoms with Crippen molar-refractivity contribution in [2.24, 2.45) is 0 Å². The van der Waals surface area contributed by atoms with Gasteiger partial charge in [-0.25, -0.2) is 13.1 Å². The maximum atomic E-state index is 11.9. The third kappa shape index (κ3) is 4.62. The number of methoxy groups -OCH3 is 1. The normalized spacial score (nSPS) is 13.0. The van der Waals surface area contributed by atoms with Crippen molar-refractivity contribution < 1.29 is 23.1 Å². The van der Waals surface area contributed by atoms with E-state index < -0.39 is 16.1 Å². The van der Waals surface area contributed by atoms with Crippen molar-refractivity contribution in [3.63, 3.8) is 0 Å². The topological polar surface area (TPSA) is 92.7 Å². The van der Waals surface area contributed by atoms with Crippen LogP contribution in [-0.4, -0.2) is 39.3 Å². The highest BCUT2D eigenvalue weighted by molar-refractivity contribution is 7.89. The molecule has 0 saturated heterocycles. The van der Waals surface area contributed by atoms with Gasteiger partial charge in [0.1, 0.15) is 0 Å². The minimum absolute atomic E-state index is 0.0846. The molecular formula is C12H17NO5S. The molecule has 0 heterocycles. The quantitative estimate of drug-likeness (QED) is 0.722.